The van der Waals surface area contributed by atoms with Crippen molar-refractivity contribution < 1.29 is 14.3 Å². The predicted octanol–water partition coefficient (Wildman–Crippen LogP) is 4.48. The van der Waals surface area contributed by atoms with Gasteiger partial charge in [-0.15, -0.1) is 0 Å². The number of para-hydroxylation sites is 2. The van der Waals surface area contributed by atoms with Crippen molar-refractivity contribution >= 4 is 34.1 Å². The van der Waals surface area contributed by atoms with Gasteiger partial charge in [0, 0.05) is 18.2 Å². The van der Waals surface area contributed by atoms with Crippen molar-refractivity contribution in [1.82, 2.24) is 4.98 Å². The number of ether oxygens (including phenoxy) is 2. The average Bonchev–Trinajstić information content (AvgIpc) is 2.67. The summed E-state index contributed by atoms with van der Waals surface area (Å²) >= 11 is 6.24. The molecule has 2 aromatic carbocycles. The normalized spacial score (nSPS) is 10.7. The molecule has 0 aliphatic heterocycles. The fourth-order valence-corrected chi connectivity index (χ4v) is 3.01. The molecule has 0 atom stereocenters. The van der Waals surface area contributed by atoms with E-state index >= 15 is 0 Å². The lowest BCUT2D eigenvalue weighted by atomic mass is 10.1. The second kappa shape index (κ2) is 9.35. The minimum atomic E-state index is -0.162. The number of carbonyl (C=O) groups excluding carboxylic acids is 1. The second-order valence-electron chi connectivity index (χ2n) is 5.88. The number of hydrogen-bond acceptors (Lipinski definition) is 4. The Labute approximate surface area is 163 Å². The van der Waals surface area contributed by atoms with Crippen LogP contribution in [0.15, 0.2) is 54.7 Å². The summed E-state index contributed by atoms with van der Waals surface area (Å²) in [5, 5.41) is 4.33. The van der Waals surface area contributed by atoms with E-state index in [9.17, 15) is 4.79 Å². The zero-order valence-corrected chi connectivity index (χ0v) is 15.8. The molecule has 1 amide bonds. The molecule has 0 radical (unpaired) electrons. The van der Waals surface area contributed by atoms with E-state index in [4.69, 9.17) is 21.1 Å². The topological polar surface area (TPSA) is 60.5 Å². The number of hydrogen-bond donors (Lipinski definition) is 1. The Kier molecular flexibility index (Phi) is 6.63. The van der Waals surface area contributed by atoms with Gasteiger partial charge in [0.05, 0.1) is 29.3 Å². The quantitative estimate of drug-likeness (QED) is 0.581. The van der Waals surface area contributed by atoms with E-state index in [2.05, 4.69) is 10.3 Å². The van der Waals surface area contributed by atoms with Crippen LogP contribution in [0.3, 0.4) is 0 Å². The van der Waals surface area contributed by atoms with Gasteiger partial charge >= 0.3 is 0 Å². The number of halogens is 1. The Hall–Kier alpha value is -2.63. The highest BCUT2D eigenvalue weighted by Gasteiger charge is 2.13. The van der Waals surface area contributed by atoms with Gasteiger partial charge in [-0.3, -0.25) is 9.78 Å². The van der Waals surface area contributed by atoms with Gasteiger partial charge in [-0.05, 0) is 30.7 Å². The van der Waals surface area contributed by atoms with Gasteiger partial charge in [0.25, 0.3) is 0 Å². The van der Waals surface area contributed by atoms with Gasteiger partial charge in [-0.25, -0.2) is 0 Å². The second-order valence-corrected chi connectivity index (χ2v) is 6.29. The maximum Gasteiger partial charge on any atom is 0.228 e. The standard InChI is InChI=1S/C21H21ClN2O3/c1-2-26-12-13-27-21-17(22)9-4-10-18(21)24-19(25)14-16-7-3-6-15-8-5-11-23-20(15)16/h3-11H,2,12-14H2,1H3,(H,24,25). The zero-order chi connectivity index (χ0) is 19.1. The molecule has 0 saturated heterocycles. The van der Waals surface area contributed by atoms with Crippen molar-refractivity contribution in [2.75, 3.05) is 25.1 Å². The Morgan fingerprint density at radius 1 is 1.11 bits per heavy atom. The van der Waals surface area contributed by atoms with E-state index in [1.54, 1.807) is 24.4 Å². The maximum atomic E-state index is 12.6. The molecule has 0 unspecified atom stereocenters. The highest BCUT2D eigenvalue weighted by atomic mass is 35.5. The molecule has 0 fully saturated rings. The maximum absolute atomic E-state index is 12.6. The predicted molar refractivity (Wildman–Crippen MR) is 108 cm³/mol. The Bertz CT molecular complexity index is 925. The van der Waals surface area contributed by atoms with Gasteiger partial charge in [0.15, 0.2) is 5.75 Å². The first-order valence-electron chi connectivity index (χ1n) is 8.80. The van der Waals surface area contributed by atoms with Gasteiger partial charge in [0.2, 0.25) is 5.91 Å². The molecule has 1 N–H and O–H groups in total. The van der Waals surface area contributed by atoms with Crippen LogP contribution in [-0.2, 0) is 16.0 Å². The van der Waals surface area contributed by atoms with Crippen molar-refractivity contribution in [1.29, 1.82) is 0 Å². The zero-order valence-electron chi connectivity index (χ0n) is 15.1. The summed E-state index contributed by atoms with van der Waals surface area (Å²) < 4.78 is 11.0. The van der Waals surface area contributed by atoms with Crippen LogP contribution in [-0.4, -0.2) is 30.7 Å². The van der Waals surface area contributed by atoms with Crippen LogP contribution in [0.25, 0.3) is 10.9 Å². The smallest absolute Gasteiger partial charge is 0.228 e. The number of nitrogens with zero attached hydrogens (tertiary/aromatic N) is 1. The van der Waals surface area contributed by atoms with E-state index in [0.717, 1.165) is 16.5 Å². The Morgan fingerprint density at radius 2 is 1.93 bits per heavy atom. The van der Waals surface area contributed by atoms with Gasteiger partial charge in [-0.2, -0.15) is 0 Å². The monoisotopic (exact) mass is 384 g/mol. The molecule has 6 heteroatoms. The first-order valence-corrected chi connectivity index (χ1v) is 9.18. The van der Waals surface area contributed by atoms with E-state index in [1.807, 2.05) is 37.3 Å². The first-order chi connectivity index (χ1) is 13.2. The molecule has 0 aliphatic rings. The molecule has 3 rings (SSSR count). The number of carbonyl (C=O) groups is 1. The third-order valence-electron chi connectivity index (χ3n) is 3.99. The van der Waals surface area contributed by atoms with Gasteiger partial charge in [0.1, 0.15) is 6.61 Å². The molecule has 5 nitrogen and oxygen atoms in total. The number of pyridine rings is 1. The molecular formula is C21H21ClN2O3. The number of aromatic nitrogens is 1. The highest BCUT2D eigenvalue weighted by molar-refractivity contribution is 6.32. The van der Waals surface area contributed by atoms with Crippen LogP contribution in [0.1, 0.15) is 12.5 Å². The molecule has 1 heterocycles. The van der Waals surface area contributed by atoms with Crippen molar-refractivity contribution in [2.24, 2.45) is 0 Å². The lowest BCUT2D eigenvalue weighted by molar-refractivity contribution is -0.115. The molecule has 0 aliphatic carbocycles. The molecular weight excluding hydrogens is 364 g/mol. The summed E-state index contributed by atoms with van der Waals surface area (Å²) in [4.78, 5) is 17.0. The van der Waals surface area contributed by atoms with Crippen molar-refractivity contribution in [3.63, 3.8) is 0 Å². The lowest BCUT2D eigenvalue weighted by Gasteiger charge is -2.14. The van der Waals surface area contributed by atoms with Crippen LogP contribution in [0.5, 0.6) is 5.75 Å². The number of rotatable bonds is 8. The molecule has 1 aromatic heterocycles. The summed E-state index contributed by atoms with van der Waals surface area (Å²) in [6.45, 7) is 3.35. The number of benzene rings is 2. The molecule has 27 heavy (non-hydrogen) atoms. The molecule has 140 valence electrons. The highest BCUT2D eigenvalue weighted by Crippen LogP contribution is 2.33. The third kappa shape index (κ3) is 4.96. The van der Waals surface area contributed by atoms with Gasteiger partial charge < -0.3 is 14.8 Å². The minimum Gasteiger partial charge on any atom is -0.487 e. The van der Waals surface area contributed by atoms with Crippen LogP contribution >= 0.6 is 11.6 Å². The summed E-state index contributed by atoms with van der Waals surface area (Å²) in [5.41, 5.74) is 2.23. The lowest BCUT2D eigenvalue weighted by Crippen LogP contribution is -2.16. The van der Waals surface area contributed by atoms with Crippen LogP contribution in [0.4, 0.5) is 5.69 Å². The number of nitrogens with one attached hydrogen (secondary N) is 1. The largest absolute Gasteiger partial charge is 0.487 e. The fraction of sp³-hybridized carbons (Fsp3) is 0.238. The van der Waals surface area contributed by atoms with Gasteiger partial charge in [-0.1, -0.05) is 41.9 Å². The molecule has 0 bridgehead atoms. The van der Waals surface area contributed by atoms with E-state index in [1.165, 1.54) is 0 Å². The molecule has 3 aromatic rings. The Balaban J connectivity index is 1.73. The summed E-state index contributed by atoms with van der Waals surface area (Å²) in [6.07, 6.45) is 1.93. The molecule has 0 saturated carbocycles. The van der Waals surface area contributed by atoms with Crippen LogP contribution in [0, 0.1) is 0 Å². The average molecular weight is 385 g/mol. The first kappa shape index (κ1) is 19.1. The summed E-state index contributed by atoms with van der Waals surface area (Å²) in [6, 6.07) is 14.9. The number of amides is 1. The fourth-order valence-electron chi connectivity index (χ4n) is 2.78. The Morgan fingerprint density at radius 3 is 2.78 bits per heavy atom. The number of fused-ring (bicyclic) bond motifs is 1. The number of anilines is 1. The third-order valence-corrected chi connectivity index (χ3v) is 4.28. The van der Waals surface area contributed by atoms with Crippen molar-refractivity contribution in [2.45, 2.75) is 13.3 Å². The molecule has 0 spiro atoms. The van der Waals surface area contributed by atoms with Crippen LogP contribution in [0.2, 0.25) is 5.02 Å². The van der Waals surface area contributed by atoms with Crippen molar-refractivity contribution in [3.05, 3.63) is 65.3 Å². The summed E-state index contributed by atoms with van der Waals surface area (Å²) in [5.74, 6) is 0.286. The van der Waals surface area contributed by atoms with E-state index < -0.39 is 0 Å². The van der Waals surface area contributed by atoms with Crippen molar-refractivity contribution in [3.8, 4) is 5.75 Å². The summed E-state index contributed by atoms with van der Waals surface area (Å²) in [7, 11) is 0. The minimum absolute atomic E-state index is 0.162. The van der Waals surface area contributed by atoms with Crippen LogP contribution < -0.4 is 10.1 Å². The SMILES string of the molecule is CCOCCOc1c(Cl)cccc1NC(=O)Cc1cccc2cccnc12. The van der Waals surface area contributed by atoms with E-state index in [0.29, 0.717) is 36.3 Å². The van der Waals surface area contributed by atoms with E-state index in [-0.39, 0.29) is 12.3 Å².